The molecule has 0 fully saturated rings. The summed E-state index contributed by atoms with van der Waals surface area (Å²) >= 11 is 7.98. The van der Waals surface area contributed by atoms with Crippen molar-refractivity contribution in [3.8, 4) is 11.1 Å². The Balaban J connectivity index is 1.58. The third-order valence-electron chi connectivity index (χ3n) is 11.9. The lowest BCUT2D eigenvalue weighted by atomic mass is 9.95. The van der Waals surface area contributed by atoms with Crippen LogP contribution in [0.15, 0.2) is 127 Å². The van der Waals surface area contributed by atoms with Gasteiger partial charge in [0.25, 0.3) is 0 Å². The fourth-order valence-electron chi connectivity index (χ4n) is 8.29. The molecule has 0 aromatic heterocycles. The Labute approximate surface area is 368 Å². The van der Waals surface area contributed by atoms with Gasteiger partial charge < -0.3 is 9.80 Å². The fraction of sp³-hybridized carbons (Fsp3) is 0.368. The van der Waals surface area contributed by atoms with Gasteiger partial charge in [-0.25, -0.2) is 0 Å². The molecule has 0 N–H and O–H groups in total. The van der Waals surface area contributed by atoms with Crippen LogP contribution >= 0.6 is 11.6 Å². The van der Waals surface area contributed by atoms with Crippen LogP contribution in [0.2, 0.25) is 5.02 Å². The summed E-state index contributed by atoms with van der Waals surface area (Å²) < 4.78 is 0. The van der Waals surface area contributed by atoms with E-state index in [9.17, 15) is 0 Å². The third-order valence-corrected chi connectivity index (χ3v) is 12.3. The molecule has 3 heteroatoms. The standard InChI is InChI=1S/C57H69ClN2/c1-7-12-18-44-25-32-49(33-26-44)53-42-48(22-16-11-5)31-38-54(53)60(52-24-17-23-47(41-52)21-15-10-4)56-40-43(6)39-55(57(56)58)59(50-34-27-45(28-35-50)19-13-8-2)51-36-29-46(30-37-51)20-14-9-3/h17,23-42H,7-16,18-22H2,1-6H3. The maximum atomic E-state index is 7.98. The molecule has 0 saturated heterocycles. The van der Waals surface area contributed by atoms with E-state index in [4.69, 9.17) is 11.6 Å². The summed E-state index contributed by atoms with van der Waals surface area (Å²) in [5, 5.41) is 0.723. The summed E-state index contributed by atoms with van der Waals surface area (Å²) in [6.45, 7) is 13.5. The SMILES string of the molecule is CCCCc1ccc(-c2cc(CCCC)ccc2N(c2cccc(CCCC)c2)c2cc(C)cc(N(c3ccc(CCCC)cc3)c3ccc(CCCC)cc3)c2Cl)cc1. The lowest BCUT2D eigenvalue weighted by Gasteiger charge is -2.33. The largest absolute Gasteiger partial charge is 0.309 e. The van der Waals surface area contributed by atoms with Crippen molar-refractivity contribution >= 4 is 45.7 Å². The highest BCUT2D eigenvalue weighted by Crippen LogP contribution is 2.49. The smallest absolute Gasteiger partial charge is 0.0887 e. The molecular weight excluding hydrogens is 748 g/mol. The summed E-state index contributed by atoms with van der Waals surface area (Å²) in [7, 11) is 0. The zero-order chi connectivity index (χ0) is 42.3. The lowest BCUT2D eigenvalue weighted by Crippen LogP contribution is -2.16. The van der Waals surface area contributed by atoms with Gasteiger partial charge in [-0.3, -0.25) is 0 Å². The van der Waals surface area contributed by atoms with E-state index < -0.39 is 0 Å². The van der Waals surface area contributed by atoms with Crippen LogP contribution < -0.4 is 9.80 Å². The molecule has 6 rings (SSSR count). The monoisotopic (exact) mass is 817 g/mol. The van der Waals surface area contributed by atoms with Crippen molar-refractivity contribution in [1.82, 2.24) is 0 Å². The Morgan fingerprint density at radius 2 is 0.800 bits per heavy atom. The quantitative estimate of drug-likeness (QED) is 0.0673. The number of nitrogens with zero attached hydrogens (tertiary/aromatic N) is 2. The van der Waals surface area contributed by atoms with Crippen molar-refractivity contribution in [2.45, 2.75) is 138 Å². The van der Waals surface area contributed by atoms with Gasteiger partial charge in [-0.05, 0) is 171 Å². The number of unbranched alkanes of at least 4 members (excludes halogenated alkanes) is 5. The highest BCUT2D eigenvalue weighted by Gasteiger charge is 2.25. The number of aryl methyl sites for hydroxylation is 6. The van der Waals surface area contributed by atoms with Crippen LogP contribution in [0, 0.1) is 6.92 Å². The summed E-state index contributed by atoms with van der Waals surface area (Å²) in [6.07, 6.45) is 17.2. The predicted octanol–water partition coefficient (Wildman–Crippen LogP) is 18.0. The minimum absolute atomic E-state index is 0.723. The zero-order valence-electron chi connectivity index (χ0n) is 37.5. The fourth-order valence-corrected chi connectivity index (χ4v) is 8.56. The second-order valence-corrected chi connectivity index (χ2v) is 17.2. The number of hydrogen-bond donors (Lipinski definition) is 0. The Bertz CT molecular complexity index is 2170. The first-order chi connectivity index (χ1) is 29.4. The summed E-state index contributed by atoms with van der Waals surface area (Å²) in [4.78, 5) is 4.81. The third kappa shape index (κ3) is 11.5. The van der Waals surface area contributed by atoms with E-state index >= 15 is 0 Å². The molecule has 0 aliphatic carbocycles. The van der Waals surface area contributed by atoms with Crippen LogP contribution in [-0.4, -0.2) is 0 Å². The summed E-state index contributed by atoms with van der Waals surface area (Å²) in [5.74, 6) is 0. The average molecular weight is 818 g/mol. The molecule has 0 heterocycles. The van der Waals surface area contributed by atoms with Crippen LogP contribution in [0.5, 0.6) is 0 Å². The van der Waals surface area contributed by atoms with Crippen LogP contribution in [0.3, 0.4) is 0 Å². The molecule has 0 aliphatic rings. The number of hydrogen-bond acceptors (Lipinski definition) is 2. The lowest BCUT2D eigenvalue weighted by molar-refractivity contribution is 0.794. The molecule has 0 radical (unpaired) electrons. The molecule has 6 aromatic carbocycles. The Kier molecular flexibility index (Phi) is 16.9. The van der Waals surface area contributed by atoms with E-state index in [1.165, 1.54) is 90.3 Å². The van der Waals surface area contributed by atoms with Crippen LogP contribution in [0.1, 0.15) is 132 Å². The molecule has 0 atom stereocenters. The molecule has 2 nitrogen and oxygen atoms in total. The molecule has 0 unspecified atom stereocenters. The van der Waals surface area contributed by atoms with E-state index in [0.29, 0.717) is 0 Å². The average Bonchev–Trinajstić information content (AvgIpc) is 3.28. The van der Waals surface area contributed by atoms with Crippen LogP contribution in [0.25, 0.3) is 11.1 Å². The number of anilines is 6. The number of halogens is 1. The van der Waals surface area contributed by atoms with Gasteiger partial charge >= 0.3 is 0 Å². The minimum atomic E-state index is 0.723. The Morgan fingerprint density at radius 1 is 0.383 bits per heavy atom. The molecule has 0 bridgehead atoms. The van der Waals surface area contributed by atoms with Crippen molar-refractivity contribution in [3.05, 3.63) is 166 Å². The van der Waals surface area contributed by atoms with Crippen molar-refractivity contribution in [1.29, 1.82) is 0 Å². The second-order valence-electron chi connectivity index (χ2n) is 16.9. The zero-order valence-corrected chi connectivity index (χ0v) is 38.3. The van der Waals surface area contributed by atoms with Gasteiger partial charge in [-0.1, -0.05) is 145 Å². The van der Waals surface area contributed by atoms with Crippen LogP contribution in [0.4, 0.5) is 34.1 Å². The maximum Gasteiger partial charge on any atom is 0.0887 e. The minimum Gasteiger partial charge on any atom is -0.309 e. The first-order valence-electron chi connectivity index (χ1n) is 23.3. The maximum absolute atomic E-state index is 7.98. The number of rotatable bonds is 22. The summed E-state index contributed by atoms with van der Waals surface area (Å²) in [5.41, 5.74) is 16.9. The molecule has 314 valence electrons. The highest BCUT2D eigenvalue weighted by atomic mass is 35.5. The molecule has 0 saturated carbocycles. The molecule has 6 aromatic rings. The number of benzene rings is 6. The predicted molar refractivity (Wildman–Crippen MR) is 264 cm³/mol. The second kappa shape index (κ2) is 22.7. The molecule has 0 aliphatic heterocycles. The van der Waals surface area contributed by atoms with Gasteiger partial charge in [0.05, 0.1) is 22.1 Å². The highest BCUT2D eigenvalue weighted by molar-refractivity contribution is 6.36. The van der Waals surface area contributed by atoms with Crippen LogP contribution in [-0.2, 0) is 32.1 Å². The van der Waals surface area contributed by atoms with Gasteiger partial charge in [-0.15, -0.1) is 0 Å². The van der Waals surface area contributed by atoms with E-state index in [1.807, 2.05) is 0 Å². The van der Waals surface area contributed by atoms with Crippen molar-refractivity contribution in [3.63, 3.8) is 0 Å². The summed E-state index contributed by atoms with van der Waals surface area (Å²) in [6, 6.07) is 48.5. The van der Waals surface area contributed by atoms with E-state index in [-0.39, 0.29) is 0 Å². The Morgan fingerprint density at radius 3 is 1.28 bits per heavy atom. The molecular formula is C57H69ClN2. The topological polar surface area (TPSA) is 6.48 Å². The van der Waals surface area contributed by atoms with Gasteiger partial charge in [0.1, 0.15) is 0 Å². The molecule has 0 amide bonds. The molecule has 60 heavy (non-hydrogen) atoms. The molecule has 0 spiro atoms. The van der Waals surface area contributed by atoms with E-state index in [0.717, 1.165) is 89.7 Å². The first-order valence-corrected chi connectivity index (χ1v) is 23.6. The van der Waals surface area contributed by atoms with Crippen molar-refractivity contribution in [2.75, 3.05) is 9.80 Å². The van der Waals surface area contributed by atoms with E-state index in [2.05, 4.69) is 179 Å². The Hall–Kier alpha value is -4.79. The first kappa shape index (κ1) is 44.8. The van der Waals surface area contributed by atoms with Gasteiger partial charge in [0, 0.05) is 22.6 Å². The van der Waals surface area contributed by atoms with E-state index in [1.54, 1.807) is 0 Å². The van der Waals surface area contributed by atoms with Gasteiger partial charge in [-0.2, -0.15) is 0 Å². The van der Waals surface area contributed by atoms with Gasteiger partial charge in [0.15, 0.2) is 0 Å². The normalized spacial score (nSPS) is 11.2. The van der Waals surface area contributed by atoms with Crippen molar-refractivity contribution in [2.24, 2.45) is 0 Å². The van der Waals surface area contributed by atoms with Gasteiger partial charge in [0.2, 0.25) is 0 Å². The van der Waals surface area contributed by atoms with Crippen molar-refractivity contribution < 1.29 is 0 Å².